The van der Waals surface area contributed by atoms with Crippen LogP contribution in [-0.4, -0.2) is 59.9 Å². The van der Waals surface area contributed by atoms with Gasteiger partial charge in [-0.3, -0.25) is 9.59 Å². The lowest BCUT2D eigenvalue weighted by Gasteiger charge is -2.33. The summed E-state index contributed by atoms with van der Waals surface area (Å²) in [6, 6.07) is 9.06. The van der Waals surface area contributed by atoms with Crippen molar-refractivity contribution in [2.75, 3.05) is 32.9 Å². The van der Waals surface area contributed by atoms with Gasteiger partial charge in [-0.05, 0) is 48.7 Å². The van der Waals surface area contributed by atoms with E-state index < -0.39 is 6.10 Å². The third-order valence-electron chi connectivity index (χ3n) is 5.78. The van der Waals surface area contributed by atoms with Gasteiger partial charge in [-0.1, -0.05) is 11.6 Å². The van der Waals surface area contributed by atoms with E-state index in [1.807, 2.05) is 23.1 Å². The lowest BCUT2D eigenvalue weighted by atomic mass is 9.92. The number of halogens is 1. The van der Waals surface area contributed by atoms with Gasteiger partial charge in [0.15, 0.2) is 6.10 Å². The van der Waals surface area contributed by atoms with Gasteiger partial charge in [0.05, 0.1) is 5.56 Å². The fourth-order valence-corrected chi connectivity index (χ4v) is 4.29. The first kappa shape index (κ1) is 20.5. The van der Waals surface area contributed by atoms with Crippen molar-refractivity contribution in [3.63, 3.8) is 0 Å². The number of hydrogen-bond acceptors (Lipinski definition) is 5. The number of hydrogen-bond donors (Lipinski definition) is 1. The molecule has 1 saturated heterocycles. The summed E-state index contributed by atoms with van der Waals surface area (Å²) in [5.74, 6) is 1.05. The maximum atomic E-state index is 12.9. The van der Waals surface area contributed by atoms with Crippen LogP contribution < -0.4 is 10.5 Å². The van der Waals surface area contributed by atoms with Gasteiger partial charge in [0, 0.05) is 50.2 Å². The lowest BCUT2D eigenvalue weighted by molar-refractivity contribution is -0.139. The van der Waals surface area contributed by atoms with Crippen LogP contribution in [0.25, 0.3) is 0 Å². The first-order valence-electron chi connectivity index (χ1n) is 10.1. The maximum Gasteiger partial charge on any atom is 0.263 e. The molecule has 7 nitrogen and oxygen atoms in total. The van der Waals surface area contributed by atoms with E-state index in [1.165, 1.54) is 4.90 Å². The number of benzene rings is 1. The number of carbonyl (C=O) groups excluding carboxylic acids is 2. The zero-order chi connectivity index (χ0) is 21.4. The molecule has 1 aromatic heterocycles. The number of nitrogens with two attached hydrogens (primary N) is 1. The summed E-state index contributed by atoms with van der Waals surface area (Å²) in [5, 5.41) is 0.649. The van der Waals surface area contributed by atoms with E-state index in [4.69, 9.17) is 22.1 Å². The van der Waals surface area contributed by atoms with Gasteiger partial charge in [0.2, 0.25) is 0 Å². The van der Waals surface area contributed by atoms with Crippen molar-refractivity contribution in [2.45, 2.75) is 31.3 Å². The predicted molar refractivity (Wildman–Crippen MR) is 115 cm³/mol. The Bertz CT molecular complexity index is 986. The molecule has 4 rings (SSSR count). The number of ether oxygens (including phenoxy) is 1. The van der Waals surface area contributed by atoms with E-state index in [1.54, 1.807) is 26.2 Å². The number of anilines is 1. The highest BCUT2D eigenvalue weighted by Gasteiger charge is 2.34. The molecular formula is C22H25ClN4O3. The first-order chi connectivity index (χ1) is 14.3. The van der Waals surface area contributed by atoms with Crippen molar-refractivity contribution in [1.29, 1.82) is 0 Å². The summed E-state index contributed by atoms with van der Waals surface area (Å²) in [7, 11) is 3.37. The minimum Gasteiger partial charge on any atom is -0.480 e. The van der Waals surface area contributed by atoms with E-state index in [9.17, 15) is 9.59 Å². The van der Waals surface area contributed by atoms with Gasteiger partial charge in [0.25, 0.3) is 11.8 Å². The number of nitrogen functional groups attached to an aromatic ring is 1. The van der Waals surface area contributed by atoms with Crippen LogP contribution in [0.2, 0.25) is 5.02 Å². The summed E-state index contributed by atoms with van der Waals surface area (Å²) in [4.78, 5) is 32.9. The number of aromatic nitrogens is 1. The minimum atomic E-state index is -0.486. The van der Waals surface area contributed by atoms with E-state index in [0.29, 0.717) is 30.1 Å². The third-order valence-corrected chi connectivity index (χ3v) is 6.02. The summed E-state index contributed by atoms with van der Waals surface area (Å²) in [6.45, 7) is 1.28. The Morgan fingerprint density at radius 2 is 1.93 bits per heavy atom. The van der Waals surface area contributed by atoms with E-state index in [0.717, 1.165) is 29.8 Å². The second-order valence-electron chi connectivity index (χ2n) is 8.03. The fraction of sp³-hybridized carbons (Fsp3) is 0.409. The molecule has 0 radical (unpaired) electrons. The van der Waals surface area contributed by atoms with Crippen LogP contribution in [0, 0.1) is 0 Å². The van der Waals surface area contributed by atoms with Gasteiger partial charge < -0.3 is 20.3 Å². The van der Waals surface area contributed by atoms with Crippen LogP contribution in [0.4, 0.5) is 5.82 Å². The number of carbonyl (C=O) groups is 2. The van der Waals surface area contributed by atoms with Crippen LogP contribution in [0.3, 0.4) is 0 Å². The zero-order valence-electron chi connectivity index (χ0n) is 17.1. The Morgan fingerprint density at radius 1 is 1.20 bits per heavy atom. The van der Waals surface area contributed by atoms with E-state index in [-0.39, 0.29) is 23.6 Å². The Kier molecular flexibility index (Phi) is 5.56. The number of pyridine rings is 1. The third kappa shape index (κ3) is 3.94. The van der Waals surface area contributed by atoms with Gasteiger partial charge in [0.1, 0.15) is 11.6 Å². The van der Waals surface area contributed by atoms with E-state index >= 15 is 0 Å². The molecule has 2 aliphatic rings. The molecule has 8 heteroatoms. The molecule has 0 saturated carbocycles. The van der Waals surface area contributed by atoms with Gasteiger partial charge in [-0.25, -0.2) is 4.98 Å². The fourth-order valence-electron chi connectivity index (χ4n) is 4.09. The predicted octanol–water partition coefficient (Wildman–Crippen LogP) is 2.73. The molecule has 30 heavy (non-hydrogen) atoms. The largest absolute Gasteiger partial charge is 0.480 e. The average molecular weight is 429 g/mol. The highest BCUT2D eigenvalue weighted by atomic mass is 35.5. The Hall–Kier alpha value is -2.80. The summed E-state index contributed by atoms with van der Waals surface area (Å²) in [6.07, 6.45) is 1.66. The Labute approximate surface area is 180 Å². The number of likely N-dealkylation sites (tertiary alicyclic amines) is 1. The molecule has 0 bridgehead atoms. The number of rotatable bonds is 3. The summed E-state index contributed by atoms with van der Waals surface area (Å²) < 4.78 is 5.84. The van der Waals surface area contributed by atoms with Crippen molar-refractivity contribution >= 4 is 29.2 Å². The number of fused-ring (bicyclic) bond motifs is 1. The molecule has 2 aliphatic heterocycles. The van der Waals surface area contributed by atoms with E-state index in [2.05, 4.69) is 4.98 Å². The molecule has 0 aliphatic carbocycles. The molecule has 1 aromatic carbocycles. The van der Waals surface area contributed by atoms with Gasteiger partial charge in [-0.2, -0.15) is 0 Å². The normalized spacial score (nSPS) is 18.6. The monoisotopic (exact) mass is 428 g/mol. The molecule has 1 fully saturated rings. The molecule has 2 aromatic rings. The number of nitrogens with zero attached hydrogens (tertiary/aromatic N) is 3. The number of amides is 2. The molecule has 3 heterocycles. The molecule has 2 N–H and O–H groups in total. The van der Waals surface area contributed by atoms with Crippen molar-refractivity contribution in [3.05, 3.63) is 52.2 Å². The second-order valence-corrected chi connectivity index (χ2v) is 8.47. The Morgan fingerprint density at radius 3 is 2.60 bits per heavy atom. The molecular weight excluding hydrogens is 404 g/mol. The van der Waals surface area contributed by atoms with Crippen molar-refractivity contribution in [3.8, 4) is 5.75 Å². The highest BCUT2D eigenvalue weighted by molar-refractivity contribution is 6.30. The number of piperidine rings is 1. The molecule has 158 valence electrons. The standard InChI is InChI=1S/C22H25ClN4O3/c1-26(2)21(28)16-4-5-17(25-20(16)24)13-7-9-27(10-8-13)22(29)19-12-14-11-15(23)3-6-18(14)30-19/h3-6,11,13,19H,7-10,12H2,1-2H3,(H2,24,25)/t19-/m1/s1. The summed E-state index contributed by atoms with van der Waals surface area (Å²) in [5.41, 5.74) is 8.28. The lowest BCUT2D eigenvalue weighted by Crippen LogP contribution is -2.45. The maximum absolute atomic E-state index is 12.9. The topological polar surface area (TPSA) is 88.8 Å². The smallest absolute Gasteiger partial charge is 0.263 e. The minimum absolute atomic E-state index is 0.0140. The zero-order valence-corrected chi connectivity index (χ0v) is 17.9. The Balaban J connectivity index is 1.37. The first-order valence-corrected chi connectivity index (χ1v) is 10.4. The van der Waals surface area contributed by atoms with Crippen LogP contribution in [0.1, 0.15) is 40.4 Å². The van der Waals surface area contributed by atoms with Gasteiger partial charge >= 0.3 is 0 Å². The molecule has 0 unspecified atom stereocenters. The van der Waals surface area contributed by atoms with Crippen LogP contribution in [-0.2, 0) is 11.2 Å². The quantitative estimate of drug-likeness (QED) is 0.811. The van der Waals surface area contributed by atoms with Crippen LogP contribution >= 0.6 is 11.6 Å². The highest BCUT2D eigenvalue weighted by Crippen LogP contribution is 2.33. The summed E-state index contributed by atoms with van der Waals surface area (Å²) >= 11 is 6.04. The van der Waals surface area contributed by atoms with Crippen molar-refractivity contribution in [2.24, 2.45) is 0 Å². The molecule has 0 spiro atoms. The molecule has 2 amide bonds. The van der Waals surface area contributed by atoms with Crippen molar-refractivity contribution in [1.82, 2.24) is 14.8 Å². The van der Waals surface area contributed by atoms with Crippen molar-refractivity contribution < 1.29 is 14.3 Å². The average Bonchev–Trinajstić information content (AvgIpc) is 3.16. The van der Waals surface area contributed by atoms with Crippen LogP contribution in [0.5, 0.6) is 5.75 Å². The second kappa shape index (κ2) is 8.14. The van der Waals surface area contributed by atoms with Gasteiger partial charge in [-0.15, -0.1) is 0 Å². The SMILES string of the molecule is CN(C)C(=O)c1ccc(C2CCN(C(=O)[C@H]3Cc4cc(Cl)ccc4O3)CC2)nc1N. The molecule has 1 atom stereocenters. The van der Waals surface area contributed by atoms with Crippen LogP contribution in [0.15, 0.2) is 30.3 Å².